The maximum absolute atomic E-state index is 12.8. The van der Waals surface area contributed by atoms with Gasteiger partial charge in [-0.05, 0) is 31.7 Å². The van der Waals surface area contributed by atoms with Gasteiger partial charge in [0.1, 0.15) is 5.75 Å². The van der Waals surface area contributed by atoms with Crippen LogP contribution in [0.25, 0.3) is 0 Å². The number of nitrogens with zero attached hydrogens (tertiary/aromatic N) is 2. The topological polar surface area (TPSA) is 79.0 Å². The summed E-state index contributed by atoms with van der Waals surface area (Å²) in [7, 11) is 1.61. The van der Waals surface area contributed by atoms with Gasteiger partial charge in [0, 0.05) is 49.1 Å². The summed E-state index contributed by atoms with van der Waals surface area (Å²) >= 11 is 0. The second-order valence-corrected chi connectivity index (χ2v) is 9.97. The van der Waals surface area contributed by atoms with Gasteiger partial charge in [0.05, 0.1) is 13.5 Å². The van der Waals surface area contributed by atoms with Crippen LogP contribution in [-0.2, 0) is 20.8 Å². The zero-order valence-corrected chi connectivity index (χ0v) is 19.9. The minimum Gasteiger partial charge on any atom is -0.496 e. The maximum Gasteiger partial charge on any atom is 0.227 e. The number of rotatable bonds is 5. The SMILES string of the molecule is COc1ccccc1CC(=O)N1CCC(NC(=O)C2CCN(C(=O)C(C)(C)C)CC2)CC1. The number of nitrogens with one attached hydrogen (secondary N) is 1. The average Bonchev–Trinajstić information content (AvgIpc) is 2.79. The van der Waals surface area contributed by atoms with Crippen LogP contribution in [0, 0.1) is 11.3 Å². The van der Waals surface area contributed by atoms with E-state index < -0.39 is 0 Å². The number of para-hydroxylation sites is 1. The molecule has 2 aliphatic rings. The fraction of sp³-hybridized carbons (Fsp3) is 0.640. The first-order chi connectivity index (χ1) is 15.2. The van der Waals surface area contributed by atoms with Gasteiger partial charge < -0.3 is 19.9 Å². The molecule has 2 fully saturated rings. The standard InChI is InChI=1S/C25H37N3O4/c1-25(2,3)24(31)28-13-9-18(10-14-28)23(30)26-20-11-15-27(16-12-20)22(29)17-19-7-5-6-8-21(19)32-4/h5-8,18,20H,9-17H2,1-4H3,(H,26,30). The van der Waals surface area contributed by atoms with E-state index in [0.717, 1.165) is 24.2 Å². The third-order valence-corrected chi connectivity index (χ3v) is 6.52. The summed E-state index contributed by atoms with van der Waals surface area (Å²) < 4.78 is 5.35. The van der Waals surface area contributed by atoms with E-state index >= 15 is 0 Å². The van der Waals surface area contributed by atoms with Gasteiger partial charge in [0.15, 0.2) is 0 Å². The Kier molecular flexibility index (Phi) is 7.80. The van der Waals surface area contributed by atoms with Crippen LogP contribution in [0.3, 0.4) is 0 Å². The van der Waals surface area contributed by atoms with Gasteiger partial charge in [-0.2, -0.15) is 0 Å². The maximum atomic E-state index is 12.8. The minimum absolute atomic E-state index is 0.0378. The summed E-state index contributed by atoms with van der Waals surface area (Å²) in [6.45, 7) is 8.38. The molecule has 7 heteroatoms. The van der Waals surface area contributed by atoms with Gasteiger partial charge in [0.25, 0.3) is 0 Å². The molecule has 32 heavy (non-hydrogen) atoms. The van der Waals surface area contributed by atoms with Crippen molar-refractivity contribution in [2.75, 3.05) is 33.3 Å². The Morgan fingerprint density at radius 2 is 1.56 bits per heavy atom. The van der Waals surface area contributed by atoms with Gasteiger partial charge in [0.2, 0.25) is 17.7 Å². The first-order valence-electron chi connectivity index (χ1n) is 11.7. The van der Waals surface area contributed by atoms with Crippen molar-refractivity contribution in [1.82, 2.24) is 15.1 Å². The predicted octanol–water partition coefficient (Wildman–Crippen LogP) is 2.63. The molecule has 0 atom stereocenters. The van der Waals surface area contributed by atoms with Crippen LogP contribution >= 0.6 is 0 Å². The Morgan fingerprint density at radius 1 is 0.969 bits per heavy atom. The van der Waals surface area contributed by atoms with Crippen LogP contribution in [0.2, 0.25) is 0 Å². The Balaban J connectivity index is 1.42. The number of amides is 3. The van der Waals surface area contributed by atoms with Crippen molar-refractivity contribution < 1.29 is 19.1 Å². The van der Waals surface area contributed by atoms with Crippen LogP contribution in [0.5, 0.6) is 5.75 Å². The molecule has 3 rings (SSSR count). The molecule has 0 saturated carbocycles. The zero-order valence-electron chi connectivity index (χ0n) is 19.9. The summed E-state index contributed by atoms with van der Waals surface area (Å²) in [5.41, 5.74) is 0.512. The summed E-state index contributed by atoms with van der Waals surface area (Å²) in [6.07, 6.45) is 3.29. The molecule has 2 aliphatic heterocycles. The Morgan fingerprint density at radius 3 is 2.16 bits per heavy atom. The molecule has 1 N–H and O–H groups in total. The van der Waals surface area contributed by atoms with E-state index in [9.17, 15) is 14.4 Å². The van der Waals surface area contributed by atoms with Gasteiger partial charge >= 0.3 is 0 Å². The molecule has 0 bridgehead atoms. The lowest BCUT2D eigenvalue weighted by Crippen LogP contribution is -2.50. The normalized spacial score (nSPS) is 18.4. The highest BCUT2D eigenvalue weighted by atomic mass is 16.5. The van der Waals surface area contributed by atoms with Crippen molar-refractivity contribution in [2.24, 2.45) is 11.3 Å². The molecule has 0 spiro atoms. The first-order valence-corrected chi connectivity index (χ1v) is 11.7. The molecule has 2 saturated heterocycles. The molecule has 7 nitrogen and oxygen atoms in total. The molecule has 0 unspecified atom stereocenters. The highest BCUT2D eigenvalue weighted by molar-refractivity contribution is 5.83. The highest BCUT2D eigenvalue weighted by Gasteiger charge is 2.33. The van der Waals surface area contributed by atoms with Crippen molar-refractivity contribution >= 4 is 17.7 Å². The second kappa shape index (κ2) is 10.4. The number of carbonyl (C=O) groups is 3. The van der Waals surface area contributed by atoms with Crippen molar-refractivity contribution in [2.45, 2.75) is 58.9 Å². The zero-order chi connectivity index (χ0) is 23.3. The van der Waals surface area contributed by atoms with E-state index in [0.29, 0.717) is 45.4 Å². The molecule has 3 amide bonds. The van der Waals surface area contributed by atoms with Gasteiger partial charge in [-0.15, -0.1) is 0 Å². The lowest BCUT2D eigenvalue weighted by Gasteiger charge is -2.36. The van der Waals surface area contributed by atoms with E-state index in [4.69, 9.17) is 4.74 Å². The molecular weight excluding hydrogens is 406 g/mol. The molecule has 1 aromatic rings. The van der Waals surface area contributed by atoms with E-state index in [1.54, 1.807) is 7.11 Å². The van der Waals surface area contributed by atoms with Crippen molar-refractivity contribution in [3.05, 3.63) is 29.8 Å². The molecular formula is C25H37N3O4. The first kappa shape index (κ1) is 24.1. The van der Waals surface area contributed by atoms with Crippen LogP contribution in [0.1, 0.15) is 52.0 Å². The molecule has 0 aliphatic carbocycles. The number of ether oxygens (including phenoxy) is 1. The van der Waals surface area contributed by atoms with Gasteiger partial charge in [-0.3, -0.25) is 14.4 Å². The summed E-state index contributed by atoms with van der Waals surface area (Å²) in [5.74, 6) is 1.03. The Bertz CT molecular complexity index is 817. The van der Waals surface area contributed by atoms with Crippen molar-refractivity contribution in [3.8, 4) is 5.75 Å². The summed E-state index contributed by atoms with van der Waals surface area (Å²) in [5, 5.41) is 3.19. The highest BCUT2D eigenvalue weighted by Crippen LogP contribution is 2.24. The van der Waals surface area contributed by atoms with Crippen LogP contribution in [-0.4, -0.2) is 66.9 Å². The average molecular weight is 444 g/mol. The monoisotopic (exact) mass is 443 g/mol. The summed E-state index contributed by atoms with van der Waals surface area (Å²) in [6, 6.07) is 7.70. The lowest BCUT2D eigenvalue weighted by molar-refractivity contribution is -0.142. The molecule has 0 aromatic heterocycles. The third-order valence-electron chi connectivity index (χ3n) is 6.52. The number of hydrogen-bond acceptors (Lipinski definition) is 4. The van der Waals surface area contributed by atoms with Gasteiger partial charge in [-0.25, -0.2) is 0 Å². The number of likely N-dealkylation sites (tertiary alicyclic amines) is 2. The Hall–Kier alpha value is -2.57. The van der Waals surface area contributed by atoms with Gasteiger partial charge in [-0.1, -0.05) is 39.0 Å². The lowest BCUT2D eigenvalue weighted by atomic mass is 9.90. The van der Waals surface area contributed by atoms with E-state index in [-0.39, 0.29) is 35.1 Å². The number of benzene rings is 1. The summed E-state index contributed by atoms with van der Waals surface area (Å²) in [4.78, 5) is 41.7. The predicted molar refractivity (Wildman–Crippen MR) is 123 cm³/mol. The van der Waals surface area contributed by atoms with Crippen molar-refractivity contribution in [3.63, 3.8) is 0 Å². The molecule has 176 valence electrons. The van der Waals surface area contributed by atoms with Crippen LogP contribution in [0.4, 0.5) is 0 Å². The molecule has 2 heterocycles. The van der Waals surface area contributed by atoms with E-state index in [1.165, 1.54) is 0 Å². The smallest absolute Gasteiger partial charge is 0.227 e. The quantitative estimate of drug-likeness (QED) is 0.759. The largest absolute Gasteiger partial charge is 0.496 e. The Labute approximate surface area is 191 Å². The minimum atomic E-state index is -0.383. The molecule has 1 aromatic carbocycles. The van der Waals surface area contributed by atoms with Crippen LogP contribution < -0.4 is 10.1 Å². The fourth-order valence-electron chi connectivity index (χ4n) is 4.54. The number of carbonyl (C=O) groups excluding carboxylic acids is 3. The third kappa shape index (κ3) is 6.02. The number of methoxy groups -OCH3 is 1. The molecule has 0 radical (unpaired) electrons. The van der Waals surface area contributed by atoms with Crippen molar-refractivity contribution in [1.29, 1.82) is 0 Å². The van der Waals surface area contributed by atoms with Crippen LogP contribution in [0.15, 0.2) is 24.3 Å². The number of piperidine rings is 2. The fourth-order valence-corrected chi connectivity index (χ4v) is 4.54. The van der Waals surface area contributed by atoms with E-state index in [2.05, 4.69) is 5.32 Å². The number of hydrogen-bond donors (Lipinski definition) is 1. The second-order valence-electron chi connectivity index (χ2n) is 9.97. The van der Waals surface area contributed by atoms with E-state index in [1.807, 2.05) is 54.8 Å².